The second kappa shape index (κ2) is 7.04. The molecule has 0 spiro atoms. The lowest BCUT2D eigenvalue weighted by molar-refractivity contribution is -0.120. The summed E-state index contributed by atoms with van der Waals surface area (Å²) in [6.07, 6.45) is 1.48. The number of nitrogens with one attached hydrogen (secondary N) is 1. The van der Waals surface area contributed by atoms with Crippen molar-refractivity contribution in [2.45, 2.75) is 26.7 Å². The monoisotopic (exact) mass is 326 g/mol. The smallest absolute Gasteiger partial charge is 0.227 e. The lowest BCUT2D eigenvalue weighted by Crippen LogP contribution is -2.38. The van der Waals surface area contributed by atoms with Gasteiger partial charge in [0.2, 0.25) is 5.91 Å². The second-order valence-corrected chi connectivity index (χ2v) is 6.47. The molecule has 1 aliphatic rings. The highest BCUT2D eigenvalue weighted by atomic mass is 19.1. The number of carbonyl (C=O) groups excluding carboxylic acids is 1. The maximum Gasteiger partial charge on any atom is 0.227 e. The first-order valence-corrected chi connectivity index (χ1v) is 8.43. The molecule has 0 radical (unpaired) electrons. The zero-order chi connectivity index (χ0) is 17.1. The van der Waals surface area contributed by atoms with E-state index in [2.05, 4.69) is 5.32 Å². The molecular weight excluding hydrogens is 303 g/mol. The highest BCUT2D eigenvalue weighted by Crippen LogP contribution is 2.27. The molecule has 1 aliphatic heterocycles. The molecule has 4 heteroatoms. The van der Waals surface area contributed by atoms with Crippen molar-refractivity contribution in [3.05, 3.63) is 59.4 Å². The van der Waals surface area contributed by atoms with Crippen molar-refractivity contribution in [1.29, 1.82) is 0 Å². The molecule has 1 saturated heterocycles. The minimum atomic E-state index is -0.198. The summed E-state index contributed by atoms with van der Waals surface area (Å²) in [6, 6.07) is 12.8. The van der Waals surface area contributed by atoms with Crippen LogP contribution in [-0.4, -0.2) is 19.0 Å². The van der Waals surface area contributed by atoms with Crippen LogP contribution in [0.1, 0.15) is 24.0 Å². The molecule has 1 N–H and O–H groups in total. The summed E-state index contributed by atoms with van der Waals surface area (Å²) < 4.78 is 13.9. The van der Waals surface area contributed by atoms with Gasteiger partial charge >= 0.3 is 0 Å². The molecule has 0 aromatic heterocycles. The van der Waals surface area contributed by atoms with Crippen LogP contribution in [0.4, 0.5) is 15.8 Å². The molecule has 0 atom stereocenters. The Morgan fingerprint density at radius 2 is 1.67 bits per heavy atom. The average molecular weight is 326 g/mol. The highest BCUT2D eigenvalue weighted by molar-refractivity contribution is 5.94. The van der Waals surface area contributed by atoms with Gasteiger partial charge in [-0.05, 0) is 49.9 Å². The number of nitrogens with zero attached hydrogens (tertiary/aromatic N) is 1. The number of hydrogen-bond acceptors (Lipinski definition) is 2. The van der Waals surface area contributed by atoms with Gasteiger partial charge in [-0.15, -0.1) is 0 Å². The molecule has 3 nitrogen and oxygen atoms in total. The third-order valence-corrected chi connectivity index (χ3v) is 4.79. The first-order chi connectivity index (χ1) is 11.6. The number of para-hydroxylation sites is 2. The molecule has 2 aromatic carbocycles. The number of benzene rings is 2. The molecule has 2 aromatic rings. The van der Waals surface area contributed by atoms with E-state index in [1.807, 2.05) is 43.0 Å². The quantitative estimate of drug-likeness (QED) is 0.912. The van der Waals surface area contributed by atoms with Gasteiger partial charge < -0.3 is 10.2 Å². The number of hydrogen-bond donors (Lipinski definition) is 1. The molecule has 1 heterocycles. The summed E-state index contributed by atoms with van der Waals surface area (Å²) in [5, 5.41) is 3.08. The van der Waals surface area contributed by atoms with Crippen LogP contribution in [-0.2, 0) is 4.79 Å². The van der Waals surface area contributed by atoms with Crippen molar-refractivity contribution < 1.29 is 9.18 Å². The Hall–Kier alpha value is -2.36. The largest absolute Gasteiger partial charge is 0.369 e. The maximum absolute atomic E-state index is 13.9. The van der Waals surface area contributed by atoms with E-state index < -0.39 is 0 Å². The minimum absolute atomic E-state index is 0.0213. The Balaban J connectivity index is 1.62. The van der Waals surface area contributed by atoms with Gasteiger partial charge in [0.1, 0.15) is 5.82 Å². The van der Waals surface area contributed by atoms with Gasteiger partial charge in [-0.2, -0.15) is 0 Å². The van der Waals surface area contributed by atoms with Crippen molar-refractivity contribution in [2.24, 2.45) is 5.92 Å². The summed E-state index contributed by atoms with van der Waals surface area (Å²) in [4.78, 5) is 14.6. The van der Waals surface area contributed by atoms with Crippen LogP contribution in [0.2, 0.25) is 0 Å². The Bertz CT molecular complexity index is 716. The van der Waals surface area contributed by atoms with Crippen molar-refractivity contribution in [1.82, 2.24) is 0 Å². The summed E-state index contributed by atoms with van der Waals surface area (Å²) in [5.41, 5.74) is 3.70. The van der Waals surface area contributed by atoms with E-state index >= 15 is 0 Å². The van der Waals surface area contributed by atoms with Gasteiger partial charge in [0.25, 0.3) is 0 Å². The van der Waals surface area contributed by atoms with E-state index in [4.69, 9.17) is 0 Å². The van der Waals surface area contributed by atoms with Crippen molar-refractivity contribution in [2.75, 3.05) is 23.3 Å². The van der Waals surface area contributed by atoms with Crippen LogP contribution in [0.15, 0.2) is 42.5 Å². The zero-order valence-electron chi connectivity index (χ0n) is 14.2. The molecule has 1 fully saturated rings. The van der Waals surface area contributed by atoms with Gasteiger partial charge in [-0.25, -0.2) is 4.39 Å². The summed E-state index contributed by atoms with van der Waals surface area (Å²) in [7, 11) is 0. The Kier molecular flexibility index (Phi) is 4.84. The third-order valence-electron chi connectivity index (χ3n) is 4.79. The van der Waals surface area contributed by atoms with Gasteiger partial charge in [0, 0.05) is 24.7 Å². The van der Waals surface area contributed by atoms with Crippen LogP contribution >= 0.6 is 0 Å². The fourth-order valence-electron chi connectivity index (χ4n) is 3.33. The number of aryl methyl sites for hydroxylation is 2. The van der Waals surface area contributed by atoms with E-state index in [1.54, 1.807) is 12.1 Å². The van der Waals surface area contributed by atoms with Gasteiger partial charge in [-0.1, -0.05) is 30.3 Å². The molecule has 1 amide bonds. The van der Waals surface area contributed by atoms with Crippen LogP contribution in [0.3, 0.4) is 0 Å². The second-order valence-electron chi connectivity index (χ2n) is 6.47. The predicted octanol–water partition coefficient (Wildman–Crippen LogP) is 4.30. The Labute approximate surface area is 142 Å². The highest BCUT2D eigenvalue weighted by Gasteiger charge is 2.26. The fraction of sp³-hybridized carbons (Fsp3) is 0.350. The van der Waals surface area contributed by atoms with E-state index in [0.717, 1.165) is 29.7 Å². The molecule has 0 saturated carbocycles. The zero-order valence-corrected chi connectivity index (χ0v) is 14.2. The van der Waals surface area contributed by atoms with Crippen LogP contribution < -0.4 is 10.2 Å². The SMILES string of the molecule is Cc1cccc(C)c1NC(=O)C1CCN(c2ccccc2F)CC1. The summed E-state index contributed by atoms with van der Waals surface area (Å²) >= 11 is 0. The molecule has 3 rings (SSSR count). The lowest BCUT2D eigenvalue weighted by Gasteiger charge is -2.33. The third kappa shape index (κ3) is 3.42. The number of carbonyl (C=O) groups is 1. The molecule has 0 bridgehead atoms. The lowest BCUT2D eigenvalue weighted by atomic mass is 9.95. The Morgan fingerprint density at radius 3 is 2.29 bits per heavy atom. The normalized spacial score (nSPS) is 15.4. The van der Waals surface area contributed by atoms with Gasteiger partial charge in [0.05, 0.1) is 5.69 Å². The van der Waals surface area contributed by atoms with Crippen molar-refractivity contribution in [3.8, 4) is 0 Å². The fourth-order valence-corrected chi connectivity index (χ4v) is 3.33. The molecular formula is C20H23FN2O. The van der Waals surface area contributed by atoms with Crippen LogP contribution in [0, 0.1) is 25.6 Å². The van der Waals surface area contributed by atoms with E-state index in [0.29, 0.717) is 18.8 Å². The molecule has 0 unspecified atom stereocenters. The first-order valence-electron chi connectivity index (χ1n) is 8.43. The number of halogens is 1. The Morgan fingerprint density at radius 1 is 1.04 bits per heavy atom. The van der Waals surface area contributed by atoms with E-state index in [-0.39, 0.29) is 17.6 Å². The van der Waals surface area contributed by atoms with Crippen LogP contribution in [0.5, 0.6) is 0 Å². The summed E-state index contributed by atoms with van der Waals surface area (Å²) in [6.45, 7) is 5.41. The van der Waals surface area contributed by atoms with Crippen LogP contribution in [0.25, 0.3) is 0 Å². The minimum Gasteiger partial charge on any atom is -0.369 e. The van der Waals surface area contributed by atoms with E-state index in [1.165, 1.54) is 6.07 Å². The molecule has 24 heavy (non-hydrogen) atoms. The first kappa shape index (κ1) is 16.5. The topological polar surface area (TPSA) is 32.3 Å². The number of amides is 1. The van der Waals surface area contributed by atoms with Crippen molar-refractivity contribution >= 4 is 17.3 Å². The predicted molar refractivity (Wildman–Crippen MR) is 95.9 cm³/mol. The van der Waals surface area contributed by atoms with Gasteiger partial charge in [0.15, 0.2) is 0 Å². The van der Waals surface area contributed by atoms with Crippen molar-refractivity contribution in [3.63, 3.8) is 0 Å². The molecule has 0 aliphatic carbocycles. The standard InChI is InChI=1S/C20H23FN2O/c1-14-6-5-7-15(2)19(14)22-20(24)16-10-12-23(13-11-16)18-9-4-3-8-17(18)21/h3-9,16H,10-13H2,1-2H3,(H,22,24). The maximum atomic E-state index is 13.9. The van der Waals surface area contributed by atoms with E-state index in [9.17, 15) is 9.18 Å². The molecule has 126 valence electrons. The summed E-state index contributed by atoms with van der Waals surface area (Å²) in [5.74, 6) is -0.149. The number of piperidine rings is 1. The average Bonchev–Trinajstić information content (AvgIpc) is 2.59. The number of rotatable bonds is 3. The van der Waals surface area contributed by atoms with Gasteiger partial charge in [-0.3, -0.25) is 4.79 Å². The number of anilines is 2.